The van der Waals surface area contributed by atoms with Crippen LogP contribution in [0.1, 0.15) is 187 Å². The first-order valence-corrected chi connectivity index (χ1v) is 16.3. The van der Waals surface area contributed by atoms with Gasteiger partial charge in [0.15, 0.2) is 0 Å². The first kappa shape index (κ1) is 35.4. The van der Waals surface area contributed by atoms with E-state index in [1.807, 2.05) is 0 Å². The zero-order valence-corrected chi connectivity index (χ0v) is 24.5. The van der Waals surface area contributed by atoms with Crippen LogP contribution < -0.4 is 5.32 Å². The van der Waals surface area contributed by atoms with Gasteiger partial charge in [0.2, 0.25) is 5.91 Å². The van der Waals surface area contributed by atoms with Crippen LogP contribution in [-0.2, 0) is 4.79 Å². The van der Waals surface area contributed by atoms with E-state index >= 15 is 0 Å². The standard InChI is InChI=1S/C32H65NO3/c1-3-5-7-9-11-13-15-16-18-20-22-24-26-28-31(35)33-32(36)29-30(34)27-25-23-21-19-17-14-12-10-8-6-4-2/h30,32,34,36H,3-29H2,1-2H3,(H,33,35). The quantitative estimate of drug-likeness (QED) is 0.0692. The Morgan fingerprint density at radius 2 is 0.861 bits per heavy atom. The molecule has 2 unspecified atom stereocenters. The van der Waals surface area contributed by atoms with Crippen LogP contribution in [0.2, 0.25) is 0 Å². The van der Waals surface area contributed by atoms with Crippen LogP contribution in [0.25, 0.3) is 0 Å². The van der Waals surface area contributed by atoms with E-state index < -0.39 is 12.3 Å². The van der Waals surface area contributed by atoms with Crippen molar-refractivity contribution in [1.29, 1.82) is 0 Å². The minimum atomic E-state index is -0.929. The van der Waals surface area contributed by atoms with Gasteiger partial charge < -0.3 is 15.5 Å². The summed E-state index contributed by atoms with van der Waals surface area (Å²) in [5.41, 5.74) is 0. The Morgan fingerprint density at radius 1 is 0.528 bits per heavy atom. The second-order valence-electron chi connectivity index (χ2n) is 11.3. The molecule has 0 aliphatic rings. The SMILES string of the molecule is CCCCCCCCCCCCCCCC(=O)NC(O)CC(O)CCCCCCCCCCCCC. The Balaban J connectivity index is 3.42. The number of rotatable bonds is 29. The van der Waals surface area contributed by atoms with Crippen molar-refractivity contribution < 1.29 is 15.0 Å². The summed E-state index contributed by atoms with van der Waals surface area (Å²) < 4.78 is 0. The summed E-state index contributed by atoms with van der Waals surface area (Å²) in [7, 11) is 0. The minimum Gasteiger partial charge on any atom is -0.393 e. The van der Waals surface area contributed by atoms with Crippen molar-refractivity contribution >= 4 is 5.91 Å². The lowest BCUT2D eigenvalue weighted by Gasteiger charge is -2.17. The molecule has 4 nitrogen and oxygen atoms in total. The van der Waals surface area contributed by atoms with Gasteiger partial charge in [-0.3, -0.25) is 4.79 Å². The van der Waals surface area contributed by atoms with E-state index in [1.54, 1.807) is 0 Å². The second kappa shape index (κ2) is 29.0. The Labute approximate surface area is 225 Å². The molecule has 0 spiro atoms. The van der Waals surface area contributed by atoms with Crippen molar-refractivity contribution in [2.24, 2.45) is 0 Å². The fourth-order valence-corrected chi connectivity index (χ4v) is 5.04. The van der Waals surface area contributed by atoms with Gasteiger partial charge in [-0.05, 0) is 12.8 Å². The highest BCUT2D eigenvalue weighted by molar-refractivity contribution is 5.75. The van der Waals surface area contributed by atoms with Crippen LogP contribution in [0.4, 0.5) is 0 Å². The summed E-state index contributed by atoms with van der Waals surface area (Å²) in [5.74, 6) is -0.0903. The van der Waals surface area contributed by atoms with Crippen LogP contribution in [-0.4, -0.2) is 28.5 Å². The fraction of sp³-hybridized carbons (Fsp3) is 0.969. The van der Waals surface area contributed by atoms with Gasteiger partial charge >= 0.3 is 0 Å². The molecule has 3 N–H and O–H groups in total. The first-order valence-electron chi connectivity index (χ1n) is 16.3. The van der Waals surface area contributed by atoms with Gasteiger partial charge in [-0.2, -0.15) is 0 Å². The number of aliphatic hydroxyl groups is 2. The molecule has 0 aromatic heterocycles. The van der Waals surface area contributed by atoms with E-state index in [2.05, 4.69) is 19.2 Å². The molecule has 0 heterocycles. The topological polar surface area (TPSA) is 69.6 Å². The van der Waals surface area contributed by atoms with Crippen LogP contribution >= 0.6 is 0 Å². The first-order chi connectivity index (χ1) is 17.6. The molecule has 0 aromatic rings. The summed E-state index contributed by atoms with van der Waals surface area (Å²) in [6.07, 6.45) is 31.0. The van der Waals surface area contributed by atoms with Crippen LogP contribution in [0, 0.1) is 0 Å². The minimum absolute atomic E-state index is 0.0903. The van der Waals surface area contributed by atoms with Crippen molar-refractivity contribution in [2.75, 3.05) is 0 Å². The summed E-state index contributed by atoms with van der Waals surface area (Å²) in [6.45, 7) is 4.53. The molecule has 0 aliphatic carbocycles. The van der Waals surface area contributed by atoms with Gasteiger partial charge in [-0.15, -0.1) is 0 Å². The van der Waals surface area contributed by atoms with E-state index in [9.17, 15) is 15.0 Å². The normalized spacial score (nSPS) is 13.1. The molecule has 0 rings (SSSR count). The number of hydrogen-bond acceptors (Lipinski definition) is 3. The number of unbranched alkanes of at least 4 members (excludes halogenated alkanes) is 22. The predicted octanol–water partition coefficient (Wildman–Crippen LogP) is 9.35. The zero-order chi connectivity index (χ0) is 26.5. The lowest BCUT2D eigenvalue weighted by molar-refractivity contribution is -0.124. The Morgan fingerprint density at radius 3 is 1.25 bits per heavy atom. The van der Waals surface area contributed by atoms with Crippen LogP contribution in [0.5, 0.6) is 0 Å². The molecule has 0 fully saturated rings. The summed E-state index contributed by atoms with van der Waals surface area (Å²) in [6, 6.07) is 0. The molecule has 216 valence electrons. The van der Waals surface area contributed by atoms with Crippen molar-refractivity contribution in [3.63, 3.8) is 0 Å². The largest absolute Gasteiger partial charge is 0.393 e. The van der Waals surface area contributed by atoms with E-state index in [-0.39, 0.29) is 12.3 Å². The maximum atomic E-state index is 12.0. The highest BCUT2D eigenvalue weighted by Gasteiger charge is 2.14. The van der Waals surface area contributed by atoms with Crippen LogP contribution in [0.3, 0.4) is 0 Å². The molecular weight excluding hydrogens is 446 g/mol. The number of carbonyl (C=O) groups excluding carboxylic acids is 1. The maximum Gasteiger partial charge on any atom is 0.221 e. The third-order valence-electron chi connectivity index (χ3n) is 7.47. The number of aliphatic hydroxyl groups excluding tert-OH is 2. The Bertz CT molecular complexity index is 443. The van der Waals surface area contributed by atoms with Gasteiger partial charge in [-0.25, -0.2) is 0 Å². The highest BCUT2D eigenvalue weighted by atomic mass is 16.3. The number of carbonyl (C=O) groups is 1. The molecule has 1 amide bonds. The third-order valence-corrected chi connectivity index (χ3v) is 7.47. The fourth-order valence-electron chi connectivity index (χ4n) is 5.04. The highest BCUT2D eigenvalue weighted by Crippen LogP contribution is 2.15. The molecule has 4 heteroatoms. The predicted molar refractivity (Wildman–Crippen MR) is 156 cm³/mol. The molecule has 0 bridgehead atoms. The van der Waals surface area contributed by atoms with Gasteiger partial charge in [-0.1, -0.05) is 162 Å². The molecule has 0 aliphatic heterocycles. The zero-order valence-electron chi connectivity index (χ0n) is 24.5. The molecule has 0 radical (unpaired) electrons. The molecule has 0 saturated heterocycles. The second-order valence-corrected chi connectivity index (χ2v) is 11.3. The maximum absolute atomic E-state index is 12.0. The molecule has 0 saturated carbocycles. The van der Waals surface area contributed by atoms with Crippen molar-refractivity contribution in [1.82, 2.24) is 5.32 Å². The van der Waals surface area contributed by atoms with Crippen molar-refractivity contribution in [3.05, 3.63) is 0 Å². The monoisotopic (exact) mass is 511 g/mol. The Hall–Kier alpha value is -0.610. The lowest BCUT2D eigenvalue weighted by Crippen LogP contribution is -2.37. The Kier molecular flexibility index (Phi) is 28.5. The summed E-state index contributed by atoms with van der Waals surface area (Å²) in [5, 5.41) is 22.9. The molecule has 0 aromatic carbocycles. The van der Waals surface area contributed by atoms with E-state index in [1.165, 1.54) is 128 Å². The van der Waals surface area contributed by atoms with Gasteiger partial charge in [0.05, 0.1) is 6.10 Å². The van der Waals surface area contributed by atoms with E-state index in [0.717, 1.165) is 25.7 Å². The van der Waals surface area contributed by atoms with Crippen molar-refractivity contribution in [3.8, 4) is 0 Å². The average Bonchev–Trinajstić information content (AvgIpc) is 2.85. The number of nitrogens with one attached hydrogen (secondary N) is 1. The number of hydrogen-bond donors (Lipinski definition) is 3. The van der Waals surface area contributed by atoms with Gasteiger partial charge in [0.1, 0.15) is 6.23 Å². The third kappa shape index (κ3) is 28.0. The summed E-state index contributed by atoms with van der Waals surface area (Å²) >= 11 is 0. The van der Waals surface area contributed by atoms with Gasteiger partial charge in [0, 0.05) is 12.8 Å². The number of amides is 1. The molecule has 2 atom stereocenters. The van der Waals surface area contributed by atoms with Crippen LogP contribution in [0.15, 0.2) is 0 Å². The van der Waals surface area contributed by atoms with Crippen molar-refractivity contribution in [2.45, 2.75) is 200 Å². The summed E-state index contributed by atoms with van der Waals surface area (Å²) in [4.78, 5) is 12.0. The smallest absolute Gasteiger partial charge is 0.221 e. The van der Waals surface area contributed by atoms with E-state index in [0.29, 0.717) is 12.8 Å². The lowest BCUT2D eigenvalue weighted by atomic mass is 10.0. The average molecular weight is 512 g/mol. The van der Waals surface area contributed by atoms with Gasteiger partial charge in [0.25, 0.3) is 0 Å². The molecular formula is C32H65NO3. The molecule has 36 heavy (non-hydrogen) atoms. The van der Waals surface area contributed by atoms with E-state index in [4.69, 9.17) is 0 Å².